The number of benzene rings is 1. The molecule has 0 aliphatic carbocycles. The van der Waals surface area contributed by atoms with Crippen molar-refractivity contribution >= 4 is 9.84 Å². The van der Waals surface area contributed by atoms with Gasteiger partial charge in [-0.3, -0.25) is 0 Å². The highest BCUT2D eigenvalue weighted by atomic mass is 32.2. The summed E-state index contributed by atoms with van der Waals surface area (Å²) in [4.78, 5) is 0. The lowest BCUT2D eigenvalue weighted by atomic mass is 9.92. The van der Waals surface area contributed by atoms with Crippen LogP contribution in [0.15, 0.2) is 18.2 Å². The van der Waals surface area contributed by atoms with E-state index in [4.69, 9.17) is 9.47 Å². The Morgan fingerprint density at radius 3 is 2.86 bits per heavy atom. The highest BCUT2D eigenvalue weighted by Gasteiger charge is 2.34. The summed E-state index contributed by atoms with van der Waals surface area (Å²) in [6, 6.07) is 5.94. The second-order valence-corrected chi connectivity index (χ2v) is 7.94. The summed E-state index contributed by atoms with van der Waals surface area (Å²) in [5.41, 5.74) is 1.08. The van der Waals surface area contributed by atoms with Gasteiger partial charge in [-0.15, -0.1) is 0 Å². The molecule has 2 aliphatic heterocycles. The molecule has 1 saturated heterocycles. The third-order valence-corrected chi connectivity index (χ3v) is 5.90. The Morgan fingerprint density at radius 2 is 2.14 bits per heavy atom. The zero-order valence-corrected chi connectivity index (χ0v) is 13.0. The largest absolute Gasteiger partial charge is 0.454 e. The highest BCUT2D eigenvalue weighted by Crippen LogP contribution is 2.38. The Labute approximate surface area is 125 Å². The van der Waals surface area contributed by atoms with Gasteiger partial charge in [0.1, 0.15) is 0 Å². The summed E-state index contributed by atoms with van der Waals surface area (Å²) in [5, 5.41) is 3.50. The van der Waals surface area contributed by atoms with Gasteiger partial charge in [-0.2, -0.15) is 0 Å². The Balaban J connectivity index is 1.85. The second kappa shape index (κ2) is 5.85. The van der Waals surface area contributed by atoms with Crippen LogP contribution in [0.4, 0.5) is 0 Å². The Hall–Kier alpha value is -1.27. The maximum absolute atomic E-state index is 11.8. The molecule has 6 heteroatoms. The SMILES string of the molecule is CCCNC(c1ccc2c(c1)OCO2)C1CCS(=O)(=O)C1. The van der Waals surface area contributed by atoms with Crippen molar-refractivity contribution in [1.29, 1.82) is 0 Å². The fraction of sp³-hybridized carbons (Fsp3) is 0.600. The van der Waals surface area contributed by atoms with Crippen molar-refractivity contribution in [2.24, 2.45) is 5.92 Å². The number of rotatable bonds is 5. The van der Waals surface area contributed by atoms with Gasteiger partial charge in [0.15, 0.2) is 21.3 Å². The fourth-order valence-corrected chi connectivity index (χ4v) is 4.89. The van der Waals surface area contributed by atoms with Crippen molar-refractivity contribution in [1.82, 2.24) is 5.32 Å². The van der Waals surface area contributed by atoms with Gasteiger partial charge >= 0.3 is 0 Å². The molecule has 2 atom stereocenters. The van der Waals surface area contributed by atoms with Crippen LogP contribution in [-0.2, 0) is 9.84 Å². The van der Waals surface area contributed by atoms with E-state index in [1.807, 2.05) is 18.2 Å². The first-order chi connectivity index (χ1) is 10.1. The number of hydrogen-bond donors (Lipinski definition) is 1. The molecular formula is C15H21NO4S. The molecule has 1 fully saturated rings. The lowest BCUT2D eigenvalue weighted by molar-refractivity contribution is 0.174. The highest BCUT2D eigenvalue weighted by molar-refractivity contribution is 7.91. The van der Waals surface area contributed by atoms with Gasteiger partial charge in [-0.05, 0) is 43.0 Å². The summed E-state index contributed by atoms with van der Waals surface area (Å²) < 4.78 is 34.3. The molecule has 1 aromatic rings. The van der Waals surface area contributed by atoms with E-state index in [2.05, 4.69) is 12.2 Å². The van der Waals surface area contributed by atoms with E-state index in [1.165, 1.54) is 0 Å². The fourth-order valence-electron chi connectivity index (χ4n) is 3.05. The summed E-state index contributed by atoms with van der Waals surface area (Å²) in [6.07, 6.45) is 1.73. The van der Waals surface area contributed by atoms with Gasteiger partial charge in [0.2, 0.25) is 6.79 Å². The first kappa shape index (κ1) is 14.7. The van der Waals surface area contributed by atoms with Crippen LogP contribution < -0.4 is 14.8 Å². The quantitative estimate of drug-likeness (QED) is 0.899. The lowest BCUT2D eigenvalue weighted by Gasteiger charge is -2.24. The molecule has 2 heterocycles. The van der Waals surface area contributed by atoms with Crippen molar-refractivity contribution in [2.45, 2.75) is 25.8 Å². The molecule has 3 rings (SSSR count). The molecule has 0 bridgehead atoms. The van der Waals surface area contributed by atoms with Gasteiger partial charge in [0.25, 0.3) is 0 Å². The van der Waals surface area contributed by atoms with Crippen LogP contribution in [-0.4, -0.2) is 33.3 Å². The third kappa shape index (κ3) is 3.16. The average molecular weight is 311 g/mol. The average Bonchev–Trinajstić information content (AvgIpc) is 3.05. The van der Waals surface area contributed by atoms with E-state index >= 15 is 0 Å². The molecule has 1 aromatic carbocycles. The number of hydrogen-bond acceptors (Lipinski definition) is 5. The monoisotopic (exact) mass is 311 g/mol. The number of sulfone groups is 1. The number of ether oxygens (including phenoxy) is 2. The Bertz CT molecular complexity index is 614. The van der Waals surface area contributed by atoms with Crippen molar-refractivity contribution in [3.8, 4) is 11.5 Å². The van der Waals surface area contributed by atoms with Crippen LogP contribution in [0.25, 0.3) is 0 Å². The van der Waals surface area contributed by atoms with Crippen LogP contribution in [0.3, 0.4) is 0 Å². The molecule has 0 aromatic heterocycles. The van der Waals surface area contributed by atoms with Crippen molar-refractivity contribution in [2.75, 3.05) is 24.8 Å². The minimum Gasteiger partial charge on any atom is -0.454 e. The summed E-state index contributed by atoms with van der Waals surface area (Å²) in [7, 11) is -2.88. The third-order valence-electron chi connectivity index (χ3n) is 4.11. The molecule has 0 radical (unpaired) electrons. The maximum atomic E-state index is 11.8. The molecule has 2 aliphatic rings. The zero-order chi connectivity index (χ0) is 14.9. The standard InChI is InChI=1S/C15H21NO4S/c1-2-6-16-15(12-5-7-21(17,18)9-12)11-3-4-13-14(8-11)20-10-19-13/h3-4,8,12,15-16H,2,5-7,9-10H2,1H3. The minimum absolute atomic E-state index is 0.0525. The first-order valence-corrected chi connectivity index (χ1v) is 9.24. The van der Waals surface area contributed by atoms with Crippen LogP contribution >= 0.6 is 0 Å². The van der Waals surface area contributed by atoms with Crippen molar-refractivity contribution in [3.05, 3.63) is 23.8 Å². The van der Waals surface area contributed by atoms with Crippen molar-refractivity contribution in [3.63, 3.8) is 0 Å². The summed E-state index contributed by atoms with van der Waals surface area (Å²) in [6.45, 7) is 3.23. The smallest absolute Gasteiger partial charge is 0.231 e. The van der Waals surface area contributed by atoms with E-state index in [0.29, 0.717) is 5.75 Å². The summed E-state index contributed by atoms with van der Waals surface area (Å²) >= 11 is 0. The number of nitrogens with one attached hydrogen (secondary N) is 1. The van der Waals surface area contributed by atoms with E-state index in [9.17, 15) is 8.42 Å². The topological polar surface area (TPSA) is 64.6 Å². The van der Waals surface area contributed by atoms with Gasteiger partial charge in [0.05, 0.1) is 11.5 Å². The molecule has 2 unspecified atom stereocenters. The molecule has 116 valence electrons. The molecule has 0 amide bonds. The predicted molar refractivity (Wildman–Crippen MR) is 80.4 cm³/mol. The van der Waals surface area contributed by atoms with E-state index in [1.54, 1.807) is 0 Å². The molecular weight excluding hydrogens is 290 g/mol. The molecule has 5 nitrogen and oxygen atoms in total. The number of fused-ring (bicyclic) bond motifs is 1. The van der Waals surface area contributed by atoms with E-state index in [-0.39, 0.29) is 24.5 Å². The van der Waals surface area contributed by atoms with Crippen LogP contribution in [0.1, 0.15) is 31.4 Å². The predicted octanol–water partition coefficient (Wildman–Crippen LogP) is 1.89. The first-order valence-electron chi connectivity index (χ1n) is 7.42. The van der Waals surface area contributed by atoms with Crippen molar-refractivity contribution < 1.29 is 17.9 Å². The molecule has 0 spiro atoms. The second-order valence-electron chi connectivity index (χ2n) is 5.71. The Kier molecular flexibility index (Phi) is 4.08. The van der Waals surface area contributed by atoms with Crippen LogP contribution in [0, 0.1) is 5.92 Å². The van der Waals surface area contributed by atoms with Gasteiger partial charge in [0, 0.05) is 6.04 Å². The lowest BCUT2D eigenvalue weighted by Crippen LogP contribution is -2.29. The normalized spacial score (nSPS) is 24.1. The maximum Gasteiger partial charge on any atom is 0.231 e. The molecule has 0 saturated carbocycles. The van der Waals surface area contributed by atoms with E-state index < -0.39 is 9.84 Å². The van der Waals surface area contributed by atoms with Crippen LogP contribution in [0.5, 0.6) is 11.5 Å². The zero-order valence-electron chi connectivity index (χ0n) is 12.2. The van der Waals surface area contributed by atoms with Crippen LogP contribution in [0.2, 0.25) is 0 Å². The van der Waals surface area contributed by atoms with Gasteiger partial charge < -0.3 is 14.8 Å². The van der Waals surface area contributed by atoms with Gasteiger partial charge in [-0.1, -0.05) is 13.0 Å². The summed E-state index contributed by atoms with van der Waals surface area (Å²) in [5.74, 6) is 2.20. The Morgan fingerprint density at radius 1 is 1.33 bits per heavy atom. The molecule has 21 heavy (non-hydrogen) atoms. The van der Waals surface area contributed by atoms with Gasteiger partial charge in [-0.25, -0.2) is 8.42 Å². The van der Waals surface area contributed by atoms with E-state index in [0.717, 1.165) is 36.4 Å². The molecule has 1 N–H and O–H groups in total. The minimum atomic E-state index is -2.88.